The fourth-order valence-corrected chi connectivity index (χ4v) is 2.28. The summed E-state index contributed by atoms with van der Waals surface area (Å²) in [5, 5.41) is 14.5. The lowest BCUT2D eigenvalue weighted by Gasteiger charge is -2.10. The first-order valence-electron chi connectivity index (χ1n) is 7.48. The van der Waals surface area contributed by atoms with Gasteiger partial charge in [0.25, 0.3) is 0 Å². The van der Waals surface area contributed by atoms with Crippen molar-refractivity contribution in [1.82, 2.24) is 15.2 Å². The number of hydrogen-bond donors (Lipinski definition) is 2. The number of rotatable bonds is 4. The van der Waals surface area contributed by atoms with Crippen LogP contribution in [0.2, 0.25) is 0 Å². The van der Waals surface area contributed by atoms with Crippen LogP contribution in [0.1, 0.15) is 16.7 Å². The summed E-state index contributed by atoms with van der Waals surface area (Å²) in [5.41, 5.74) is 5.48. The number of nitrogens with zero attached hydrogens (tertiary/aromatic N) is 3. The highest BCUT2D eigenvalue weighted by Gasteiger charge is 2.04. The molecule has 2 N–H and O–H groups in total. The van der Waals surface area contributed by atoms with Crippen LogP contribution in [-0.2, 0) is 0 Å². The van der Waals surface area contributed by atoms with Gasteiger partial charge in [-0.15, -0.1) is 5.10 Å². The maximum absolute atomic E-state index is 4.47. The Hall–Kier alpha value is -2.95. The molecule has 3 aromatic rings. The normalized spacial score (nSPS) is 10.4. The first-order valence-corrected chi connectivity index (χ1v) is 7.48. The maximum Gasteiger partial charge on any atom is 0.249 e. The van der Waals surface area contributed by atoms with Crippen molar-refractivity contribution >= 4 is 23.1 Å². The Morgan fingerprint density at radius 3 is 2.52 bits per heavy atom. The molecule has 0 unspecified atom stereocenters. The molecule has 0 amide bonds. The van der Waals surface area contributed by atoms with Gasteiger partial charge in [-0.2, -0.15) is 10.1 Å². The first kappa shape index (κ1) is 15.0. The average molecular weight is 305 g/mol. The van der Waals surface area contributed by atoms with E-state index in [2.05, 4.69) is 57.9 Å². The van der Waals surface area contributed by atoms with E-state index in [1.807, 2.05) is 31.2 Å². The molecule has 2 aromatic carbocycles. The second-order valence-electron chi connectivity index (χ2n) is 5.60. The highest BCUT2D eigenvalue weighted by molar-refractivity contribution is 5.62. The van der Waals surface area contributed by atoms with Crippen LogP contribution in [0.3, 0.4) is 0 Å². The van der Waals surface area contributed by atoms with Gasteiger partial charge in [0.2, 0.25) is 5.95 Å². The third kappa shape index (κ3) is 3.83. The molecule has 0 aliphatic carbocycles. The Bertz CT molecular complexity index is 829. The van der Waals surface area contributed by atoms with Gasteiger partial charge in [-0.05, 0) is 55.7 Å². The van der Waals surface area contributed by atoms with E-state index in [0.717, 1.165) is 16.9 Å². The Kier molecular flexibility index (Phi) is 4.19. The molecule has 0 saturated carbocycles. The summed E-state index contributed by atoms with van der Waals surface area (Å²) in [4.78, 5) is 4.47. The lowest BCUT2D eigenvalue weighted by Crippen LogP contribution is -2.03. The number of anilines is 4. The van der Waals surface area contributed by atoms with Crippen molar-refractivity contribution in [3.63, 3.8) is 0 Å². The monoisotopic (exact) mass is 305 g/mol. The van der Waals surface area contributed by atoms with Gasteiger partial charge in [0.1, 0.15) is 0 Å². The molecular formula is C18H19N5. The minimum atomic E-state index is 0.464. The molecular weight excluding hydrogens is 286 g/mol. The summed E-state index contributed by atoms with van der Waals surface area (Å²) < 4.78 is 0. The van der Waals surface area contributed by atoms with Crippen LogP contribution in [0, 0.1) is 20.8 Å². The quantitative estimate of drug-likeness (QED) is 0.753. The fraction of sp³-hybridized carbons (Fsp3) is 0.167. The fourth-order valence-electron chi connectivity index (χ4n) is 2.28. The van der Waals surface area contributed by atoms with Crippen LogP contribution in [0.4, 0.5) is 23.1 Å². The van der Waals surface area contributed by atoms with Gasteiger partial charge in [-0.1, -0.05) is 24.3 Å². The van der Waals surface area contributed by atoms with Crippen LogP contribution in [-0.4, -0.2) is 15.2 Å². The number of aromatic nitrogens is 3. The lowest BCUT2D eigenvalue weighted by molar-refractivity contribution is 0.982. The van der Waals surface area contributed by atoms with Gasteiger partial charge in [0.05, 0.1) is 6.20 Å². The standard InChI is InChI=1S/C18H19N5/c1-12-5-4-6-15(9-12)20-18-22-17(11-19-23-18)21-16-10-13(2)7-8-14(16)3/h4-11H,1-3H3,(H2,20,21,22,23). The molecule has 116 valence electrons. The summed E-state index contributed by atoms with van der Waals surface area (Å²) >= 11 is 0. The predicted molar refractivity (Wildman–Crippen MR) is 93.5 cm³/mol. The van der Waals surface area contributed by atoms with Crippen LogP contribution in [0.15, 0.2) is 48.7 Å². The van der Waals surface area contributed by atoms with Crippen molar-refractivity contribution in [2.45, 2.75) is 20.8 Å². The average Bonchev–Trinajstić information content (AvgIpc) is 2.51. The Morgan fingerprint density at radius 2 is 1.70 bits per heavy atom. The van der Waals surface area contributed by atoms with Gasteiger partial charge < -0.3 is 10.6 Å². The third-order valence-electron chi connectivity index (χ3n) is 3.49. The Balaban J connectivity index is 1.81. The molecule has 5 nitrogen and oxygen atoms in total. The highest BCUT2D eigenvalue weighted by atomic mass is 15.3. The van der Waals surface area contributed by atoms with Crippen LogP contribution >= 0.6 is 0 Å². The molecule has 1 heterocycles. The minimum absolute atomic E-state index is 0.464. The van der Waals surface area contributed by atoms with Gasteiger partial charge in [0.15, 0.2) is 5.82 Å². The van der Waals surface area contributed by atoms with Gasteiger partial charge in [-0.25, -0.2) is 0 Å². The topological polar surface area (TPSA) is 62.7 Å². The summed E-state index contributed by atoms with van der Waals surface area (Å²) in [6.07, 6.45) is 1.61. The van der Waals surface area contributed by atoms with E-state index < -0.39 is 0 Å². The number of benzene rings is 2. The Labute approximate surface area is 135 Å². The van der Waals surface area contributed by atoms with Crippen LogP contribution < -0.4 is 10.6 Å². The van der Waals surface area contributed by atoms with Gasteiger partial charge in [-0.3, -0.25) is 0 Å². The number of nitrogens with one attached hydrogen (secondary N) is 2. The van der Waals surface area contributed by atoms with E-state index in [4.69, 9.17) is 0 Å². The summed E-state index contributed by atoms with van der Waals surface area (Å²) in [6.45, 7) is 6.17. The molecule has 0 fully saturated rings. The van der Waals surface area contributed by atoms with E-state index >= 15 is 0 Å². The largest absolute Gasteiger partial charge is 0.339 e. The SMILES string of the molecule is Cc1cccc(Nc2nncc(Nc3cc(C)ccc3C)n2)c1. The van der Waals surface area contributed by atoms with E-state index in [-0.39, 0.29) is 0 Å². The zero-order valence-electron chi connectivity index (χ0n) is 13.5. The maximum atomic E-state index is 4.47. The summed E-state index contributed by atoms with van der Waals surface area (Å²) in [5.74, 6) is 1.12. The summed E-state index contributed by atoms with van der Waals surface area (Å²) in [6, 6.07) is 14.3. The zero-order chi connectivity index (χ0) is 16.2. The molecule has 0 radical (unpaired) electrons. The summed E-state index contributed by atoms with van der Waals surface area (Å²) in [7, 11) is 0. The van der Waals surface area contributed by atoms with Crippen molar-refractivity contribution in [3.8, 4) is 0 Å². The van der Waals surface area contributed by atoms with Crippen molar-refractivity contribution in [1.29, 1.82) is 0 Å². The third-order valence-corrected chi connectivity index (χ3v) is 3.49. The second kappa shape index (κ2) is 6.44. The zero-order valence-corrected chi connectivity index (χ0v) is 13.5. The molecule has 0 atom stereocenters. The van der Waals surface area contributed by atoms with E-state index in [1.165, 1.54) is 11.1 Å². The lowest BCUT2D eigenvalue weighted by atomic mass is 10.1. The molecule has 23 heavy (non-hydrogen) atoms. The molecule has 0 saturated heterocycles. The molecule has 3 rings (SSSR count). The predicted octanol–water partition coefficient (Wildman–Crippen LogP) is 4.28. The van der Waals surface area contributed by atoms with E-state index in [0.29, 0.717) is 11.8 Å². The van der Waals surface area contributed by atoms with Crippen molar-refractivity contribution < 1.29 is 0 Å². The molecule has 0 bridgehead atoms. The molecule has 5 heteroatoms. The second-order valence-corrected chi connectivity index (χ2v) is 5.60. The first-order chi connectivity index (χ1) is 11.1. The minimum Gasteiger partial charge on any atom is -0.339 e. The highest BCUT2D eigenvalue weighted by Crippen LogP contribution is 2.21. The van der Waals surface area contributed by atoms with Crippen molar-refractivity contribution in [2.75, 3.05) is 10.6 Å². The van der Waals surface area contributed by atoms with Crippen LogP contribution in [0.25, 0.3) is 0 Å². The van der Waals surface area contributed by atoms with E-state index in [1.54, 1.807) is 6.20 Å². The van der Waals surface area contributed by atoms with Gasteiger partial charge >= 0.3 is 0 Å². The number of aryl methyl sites for hydroxylation is 3. The van der Waals surface area contributed by atoms with Crippen molar-refractivity contribution in [2.24, 2.45) is 0 Å². The Morgan fingerprint density at radius 1 is 0.870 bits per heavy atom. The molecule has 1 aromatic heterocycles. The van der Waals surface area contributed by atoms with Crippen molar-refractivity contribution in [3.05, 3.63) is 65.4 Å². The number of hydrogen-bond acceptors (Lipinski definition) is 5. The molecule has 0 aliphatic rings. The van der Waals surface area contributed by atoms with Crippen LogP contribution in [0.5, 0.6) is 0 Å². The van der Waals surface area contributed by atoms with E-state index in [9.17, 15) is 0 Å². The molecule has 0 aliphatic heterocycles. The smallest absolute Gasteiger partial charge is 0.249 e. The molecule has 0 spiro atoms. The van der Waals surface area contributed by atoms with Gasteiger partial charge in [0, 0.05) is 11.4 Å².